The van der Waals surface area contributed by atoms with E-state index in [2.05, 4.69) is 19.1 Å². The van der Waals surface area contributed by atoms with E-state index < -0.39 is 5.79 Å². The Hall–Kier alpha value is -0.900. The monoisotopic (exact) mass is 284 g/mol. The molecule has 1 aromatic carbocycles. The molecule has 0 spiro atoms. The molecule has 0 unspecified atom stereocenters. The van der Waals surface area contributed by atoms with Gasteiger partial charge in [-0.3, -0.25) is 0 Å². The van der Waals surface area contributed by atoms with Crippen molar-refractivity contribution in [3.63, 3.8) is 0 Å². The molecule has 0 aliphatic heterocycles. The molecule has 1 rings (SSSR count). The van der Waals surface area contributed by atoms with Crippen molar-refractivity contribution in [2.24, 2.45) is 0 Å². The molecule has 0 saturated carbocycles. The quantitative estimate of drug-likeness (QED) is 0.726. The summed E-state index contributed by atoms with van der Waals surface area (Å²) in [5.41, 5.74) is 2.67. The minimum absolute atomic E-state index is 0.286. The van der Waals surface area contributed by atoms with E-state index in [0.29, 0.717) is 12.8 Å². The highest BCUT2D eigenvalue weighted by molar-refractivity contribution is 5.25. The summed E-state index contributed by atoms with van der Waals surface area (Å²) < 4.78 is 0. The van der Waals surface area contributed by atoms with Crippen LogP contribution in [0.2, 0.25) is 0 Å². The second kappa shape index (κ2) is 13.1. The number of rotatable bonds is 5. The Morgan fingerprint density at radius 1 is 1.00 bits per heavy atom. The van der Waals surface area contributed by atoms with Crippen molar-refractivity contribution in [1.82, 2.24) is 0 Å². The Labute approximate surface area is 124 Å². The normalized spacial score (nSPS) is 10.0. The summed E-state index contributed by atoms with van der Waals surface area (Å²) in [5.74, 6) is -1.42. The van der Waals surface area contributed by atoms with Crippen molar-refractivity contribution >= 4 is 0 Å². The number of hydrogen-bond acceptors (Lipinski definition) is 3. The van der Waals surface area contributed by atoms with Gasteiger partial charge in [-0.1, -0.05) is 52.0 Å². The second-order valence-electron chi connectivity index (χ2n) is 4.44. The van der Waals surface area contributed by atoms with Crippen molar-refractivity contribution in [2.75, 3.05) is 6.61 Å². The van der Waals surface area contributed by atoms with Gasteiger partial charge in [0.2, 0.25) is 0 Å². The lowest BCUT2D eigenvalue weighted by Crippen LogP contribution is -2.24. The summed E-state index contributed by atoms with van der Waals surface area (Å²) in [6, 6.07) is 8.30. The van der Waals surface area contributed by atoms with Crippen LogP contribution in [0, 0.1) is 6.92 Å². The molecule has 0 saturated heterocycles. The molecule has 0 aliphatic rings. The van der Waals surface area contributed by atoms with Gasteiger partial charge in [0.15, 0.2) is 5.79 Å². The number of aliphatic hydroxyl groups excluding tert-OH is 1. The minimum Gasteiger partial charge on any atom is -0.396 e. The van der Waals surface area contributed by atoms with Gasteiger partial charge < -0.3 is 15.3 Å². The lowest BCUT2D eigenvalue weighted by Gasteiger charge is -2.15. The van der Waals surface area contributed by atoms with E-state index >= 15 is 0 Å². The smallest absolute Gasteiger partial charge is 0.161 e. The predicted octanol–water partition coefficient (Wildman–Crippen LogP) is 3.43. The van der Waals surface area contributed by atoms with Crippen molar-refractivity contribution in [1.29, 1.82) is 0 Å². The lowest BCUT2D eigenvalue weighted by atomic mass is 10.0. The van der Waals surface area contributed by atoms with Crippen LogP contribution in [0.25, 0.3) is 0 Å². The number of aliphatic hydroxyl groups is 3. The summed E-state index contributed by atoms with van der Waals surface area (Å²) in [4.78, 5) is 0. The van der Waals surface area contributed by atoms with Crippen molar-refractivity contribution in [3.8, 4) is 0 Å². The molecule has 3 N–H and O–H groups in total. The van der Waals surface area contributed by atoms with Gasteiger partial charge >= 0.3 is 0 Å². The highest BCUT2D eigenvalue weighted by Crippen LogP contribution is 2.08. The lowest BCUT2D eigenvalue weighted by molar-refractivity contribution is -0.163. The highest BCUT2D eigenvalue weighted by Gasteiger charge is 2.15. The van der Waals surface area contributed by atoms with Crippen molar-refractivity contribution in [3.05, 3.63) is 35.4 Å². The first-order valence-electron chi connectivity index (χ1n) is 7.57. The van der Waals surface area contributed by atoms with Gasteiger partial charge in [-0.2, -0.15) is 0 Å². The van der Waals surface area contributed by atoms with E-state index in [1.165, 1.54) is 11.1 Å². The van der Waals surface area contributed by atoms with Crippen LogP contribution >= 0.6 is 0 Å². The summed E-state index contributed by atoms with van der Waals surface area (Å²) in [6.45, 7) is 9.87. The van der Waals surface area contributed by atoms with E-state index in [-0.39, 0.29) is 6.61 Å². The van der Waals surface area contributed by atoms with Gasteiger partial charge in [-0.25, -0.2) is 0 Å². The van der Waals surface area contributed by atoms with E-state index in [9.17, 15) is 0 Å². The van der Waals surface area contributed by atoms with Crippen LogP contribution in [0.3, 0.4) is 0 Å². The first-order chi connectivity index (χ1) is 9.46. The number of benzene rings is 1. The summed E-state index contributed by atoms with van der Waals surface area (Å²) in [6.07, 6.45) is 2.67. The Morgan fingerprint density at radius 2 is 1.50 bits per heavy atom. The predicted molar refractivity (Wildman–Crippen MR) is 85.7 cm³/mol. The van der Waals surface area contributed by atoms with Gasteiger partial charge in [0.05, 0.1) is 0 Å². The zero-order valence-electron chi connectivity index (χ0n) is 13.7. The molecule has 0 atom stereocenters. The number of hydrogen-bond donors (Lipinski definition) is 3. The van der Waals surface area contributed by atoms with Crippen LogP contribution in [0.1, 0.15) is 58.1 Å². The fraction of sp³-hybridized carbons (Fsp3) is 0.647. The zero-order valence-corrected chi connectivity index (χ0v) is 13.7. The molecule has 3 heteroatoms. The third-order valence-corrected chi connectivity index (χ3v) is 3.00. The molecule has 0 fully saturated rings. The SMILES string of the molecule is CC.CCC(O)(O)CC.Cc1ccccc1CCCO. The molecule has 0 radical (unpaired) electrons. The second-order valence-corrected chi connectivity index (χ2v) is 4.44. The first-order valence-corrected chi connectivity index (χ1v) is 7.57. The standard InChI is InChI=1S/C10H14O.C5H12O2.C2H6/c1-9-5-2-3-6-10(9)7-4-8-11;1-3-5(6,7)4-2;1-2/h2-3,5-6,11H,4,7-8H2,1H3;6-7H,3-4H2,1-2H3;1-2H3. The Bertz CT molecular complexity index is 316. The molecule has 3 nitrogen and oxygen atoms in total. The fourth-order valence-electron chi connectivity index (χ4n) is 1.41. The van der Waals surface area contributed by atoms with Crippen LogP contribution in [0.15, 0.2) is 24.3 Å². The highest BCUT2D eigenvalue weighted by atomic mass is 16.5. The Kier molecular flexibility index (Phi) is 14.0. The molecular formula is C17H32O3. The largest absolute Gasteiger partial charge is 0.396 e. The van der Waals surface area contributed by atoms with Gasteiger partial charge in [0.25, 0.3) is 0 Å². The fourth-order valence-corrected chi connectivity index (χ4v) is 1.41. The molecule has 0 bridgehead atoms. The van der Waals surface area contributed by atoms with E-state index in [0.717, 1.165) is 12.8 Å². The molecule has 118 valence electrons. The van der Waals surface area contributed by atoms with Crippen LogP contribution < -0.4 is 0 Å². The molecular weight excluding hydrogens is 252 g/mol. The van der Waals surface area contributed by atoms with Crippen LogP contribution in [-0.4, -0.2) is 27.7 Å². The molecule has 0 aromatic heterocycles. The summed E-state index contributed by atoms with van der Waals surface area (Å²) in [7, 11) is 0. The molecule has 0 amide bonds. The Balaban J connectivity index is 0. The third kappa shape index (κ3) is 11.0. The maximum Gasteiger partial charge on any atom is 0.161 e. The molecule has 0 heterocycles. The van der Waals surface area contributed by atoms with Crippen molar-refractivity contribution < 1.29 is 15.3 Å². The summed E-state index contributed by atoms with van der Waals surface area (Å²) >= 11 is 0. The molecule has 1 aromatic rings. The Morgan fingerprint density at radius 3 is 1.85 bits per heavy atom. The third-order valence-electron chi connectivity index (χ3n) is 3.00. The maximum absolute atomic E-state index is 8.69. The average molecular weight is 284 g/mol. The molecule has 0 aliphatic carbocycles. The maximum atomic E-state index is 8.69. The van der Waals surface area contributed by atoms with Crippen molar-refractivity contribution in [2.45, 2.75) is 66.1 Å². The zero-order chi connectivity index (χ0) is 16.0. The van der Waals surface area contributed by atoms with Gasteiger partial charge in [-0.05, 0) is 43.7 Å². The van der Waals surface area contributed by atoms with Gasteiger partial charge in [0, 0.05) is 6.61 Å². The first kappa shape index (κ1) is 21.4. The average Bonchev–Trinajstić information content (AvgIpc) is 2.49. The van der Waals surface area contributed by atoms with Crippen LogP contribution in [0.4, 0.5) is 0 Å². The van der Waals surface area contributed by atoms with E-state index in [4.69, 9.17) is 15.3 Å². The van der Waals surface area contributed by atoms with Gasteiger partial charge in [0.1, 0.15) is 0 Å². The summed E-state index contributed by atoms with van der Waals surface area (Å²) in [5, 5.41) is 26.0. The molecule has 20 heavy (non-hydrogen) atoms. The van der Waals surface area contributed by atoms with E-state index in [1.54, 1.807) is 13.8 Å². The topological polar surface area (TPSA) is 60.7 Å². The van der Waals surface area contributed by atoms with E-state index in [1.807, 2.05) is 26.0 Å². The van der Waals surface area contributed by atoms with Crippen LogP contribution in [0.5, 0.6) is 0 Å². The van der Waals surface area contributed by atoms with Crippen LogP contribution in [-0.2, 0) is 6.42 Å². The van der Waals surface area contributed by atoms with Gasteiger partial charge in [-0.15, -0.1) is 0 Å². The minimum atomic E-state index is -1.42. The number of aryl methyl sites for hydroxylation is 2.